The van der Waals surface area contributed by atoms with Gasteiger partial charge in [-0.15, -0.1) is 0 Å². The second-order valence-corrected chi connectivity index (χ2v) is 4.60. The Balaban J connectivity index is 2.09. The monoisotopic (exact) mass is 230 g/mol. The van der Waals surface area contributed by atoms with Crippen molar-refractivity contribution in [3.05, 3.63) is 23.8 Å². The smallest absolute Gasteiger partial charge is 0.121 e. The third kappa shape index (κ3) is 2.52. The molecule has 0 heterocycles. The number of anilines is 1. The Morgan fingerprint density at radius 2 is 2.24 bits per heavy atom. The molecule has 1 aliphatic rings. The minimum Gasteiger partial charge on any atom is -0.496 e. The zero-order valence-electron chi connectivity index (χ0n) is 10.4. The van der Waals surface area contributed by atoms with Crippen molar-refractivity contribution in [3.8, 4) is 11.8 Å². The second-order valence-electron chi connectivity index (χ2n) is 4.60. The van der Waals surface area contributed by atoms with Crippen molar-refractivity contribution in [1.82, 2.24) is 0 Å². The summed E-state index contributed by atoms with van der Waals surface area (Å²) in [5, 5.41) is 12.5. The normalized spacial score (nSPS) is 23.1. The van der Waals surface area contributed by atoms with Gasteiger partial charge in [0, 0.05) is 11.7 Å². The summed E-state index contributed by atoms with van der Waals surface area (Å²) in [4.78, 5) is 0. The first-order valence-electron chi connectivity index (χ1n) is 6.05. The van der Waals surface area contributed by atoms with E-state index in [-0.39, 0.29) is 5.92 Å². The number of rotatable bonds is 3. The van der Waals surface area contributed by atoms with Crippen LogP contribution in [0.5, 0.6) is 5.75 Å². The van der Waals surface area contributed by atoms with Gasteiger partial charge in [-0.1, -0.05) is 0 Å². The summed E-state index contributed by atoms with van der Waals surface area (Å²) in [7, 11) is 1.68. The highest BCUT2D eigenvalue weighted by atomic mass is 16.5. The van der Waals surface area contributed by atoms with Gasteiger partial charge in [-0.2, -0.15) is 5.26 Å². The Kier molecular flexibility index (Phi) is 3.53. The van der Waals surface area contributed by atoms with Gasteiger partial charge < -0.3 is 10.1 Å². The van der Waals surface area contributed by atoms with Crippen LogP contribution in [0.3, 0.4) is 0 Å². The number of nitriles is 1. The van der Waals surface area contributed by atoms with E-state index in [0.717, 1.165) is 36.3 Å². The van der Waals surface area contributed by atoms with E-state index >= 15 is 0 Å². The molecule has 1 aliphatic carbocycles. The second kappa shape index (κ2) is 5.09. The maximum Gasteiger partial charge on any atom is 0.121 e. The molecule has 0 radical (unpaired) electrons. The van der Waals surface area contributed by atoms with Crippen LogP contribution in [0.15, 0.2) is 18.2 Å². The number of ether oxygens (including phenoxy) is 1. The number of nitrogens with one attached hydrogen (secondary N) is 1. The van der Waals surface area contributed by atoms with Gasteiger partial charge in [-0.25, -0.2) is 0 Å². The van der Waals surface area contributed by atoms with Crippen LogP contribution in [0.4, 0.5) is 5.69 Å². The summed E-state index contributed by atoms with van der Waals surface area (Å²) < 4.78 is 5.23. The van der Waals surface area contributed by atoms with Gasteiger partial charge in [-0.05, 0) is 49.9 Å². The summed E-state index contributed by atoms with van der Waals surface area (Å²) in [6, 6.07) is 8.74. The van der Waals surface area contributed by atoms with Gasteiger partial charge >= 0.3 is 0 Å². The summed E-state index contributed by atoms with van der Waals surface area (Å²) >= 11 is 0. The van der Waals surface area contributed by atoms with E-state index in [0.29, 0.717) is 6.04 Å². The van der Waals surface area contributed by atoms with E-state index < -0.39 is 0 Å². The predicted molar refractivity (Wildman–Crippen MR) is 68.1 cm³/mol. The summed E-state index contributed by atoms with van der Waals surface area (Å²) in [6.45, 7) is 2.03. The molecule has 0 saturated heterocycles. The average Bonchev–Trinajstić information content (AvgIpc) is 2.76. The summed E-state index contributed by atoms with van der Waals surface area (Å²) in [6.07, 6.45) is 3.25. The molecule has 0 aromatic heterocycles. The van der Waals surface area contributed by atoms with Crippen LogP contribution in [0, 0.1) is 24.2 Å². The molecule has 0 bridgehead atoms. The minimum atomic E-state index is 0.150. The van der Waals surface area contributed by atoms with Crippen LogP contribution in [0.1, 0.15) is 24.8 Å². The molecule has 17 heavy (non-hydrogen) atoms. The molecule has 1 fully saturated rings. The van der Waals surface area contributed by atoms with Crippen LogP contribution in [-0.2, 0) is 0 Å². The van der Waals surface area contributed by atoms with Crippen LogP contribution in [-0.4, -0.2) is 13.2 Å². The molecule has 0 amide bonds. The van der Waals surface area contributed by atoms with Crippen LogP contribution >= 0.6 is 0 Å². The molecular weight excluding hydrogens is 212 g/mol. The van der Waals surface area contributed by atoms with Crippen molar-refractivity contribution in [3.63, 3.8) is 0 Å². The fourth-order valence-corrected chi connectivity index (χ4v) is 2.47. The van der Waals surface area contributed by atoms with Gasteiger partial charge in [0.15, 0.2) is 0 Å². The number of hydrogen-bond acceptors (Lipinski definition) is 3. The van der Waals surface area contributed by atoms with Crippen LogP contribution < -0.4 is 10.1 Å². The molecule has 1 aromatic carbocycles. The molecule has 2 rings (SSSR count). The first kappa shape index (κ1) is 11.8. The lowest BCUT2D eigenvalue weighted by molar-refractivity contribution is 0.411. The number of aryl methyl sites for hydroxylation is 1. The lowest BCUT2D eigenvalue weighted by Crippen LogP contribution is -2.22. The third-order valence-corrected chi connectivity index (χ3v) is 3.43. The van der Waals surface area contributed by atoms with Crippen molar-refractivity contribution in [1.29, 1.82) is 5.26 Å². The topological polar surface area (TPSA) is 45.0 Å². The molecular formula is C14H18N2O. The number of hydrogen-bond donors (Lipinski definition) is 1. The maximum absolute atomic E-state index is 9.04. The van der Waals surface area contributed by atoms with Crippen molar-refractivity contribution in [2.45, 2.75) is 32.2 Å². The van der Waals surface area contributed by atoms with Crippen molar-refractivity contribution in [2.24, 2.45) is 5.92 Å². The number of methoxy groups -OCH3 is 1. The lowest BCUT2D eigenvalue weighted by atomic mass is 10.1. The Morgan fingerprint density at radius 1 is 1.41 bits per heavy atom. The van der Waals surface area contributed by atoms with Crippen LogP contribution in [0.2, 0.25) is 0 Å². The molecule has 1 aromatic rings. The van der Waals surface area contributed by atoms with Gasteiger partial charge in [0.05, 0.1) is 19.1 Å². The fourth-order valence-electron chi connectivity index (χ4n) is 2.47. The molecule has 2 unspecified atom stereocenters. The largest absolute Gasteiger partial charge is 0.496 e. The Morgan fingerprint density at radius 3 is 2.88 bits per heavy atom. The minimum absolute atomic E-state index is 0.150. The summed E-state index contributed by atoms with van der Waals surface area (Å²) in [5.74, 6) is 1.05. The SMILES string of the molecule is COc1ccc(NC2CCCC2C#N)cc1C. The lowest BCUT2D eigenvalue weighted by Gasteiger charge is -2.18. The number of nitrogens with zero attached hydrogens (tertiary/aromatic N) is 1. The molecule has 1 N–H and O–H groups in total. The molecule has 2 atom stereocenters. The van der Waals surface area contributed by atoms with Crippen molar-refractivity contribution < 1.29 is 4.74 Å². The Hall–Kier alpha value is -1.69. The fraction of sp³-hybridized carbons (Fsp3) is 0.500. The highest BCUT2D eigenvalue weighted by Crippen LogP contribution is 2.29. The van der Waals surface area contributed by atoms with E-state index in [2.05, 4.69) is 17.5 Å². The standard InChI is InChI=1S/C14H18N2O/c1-10-8-12(6-7-14(10)17-2)16-13-5-3-4-11(13)9-15/h6-8,11,13,16H,3-5H2,1-2H3. The molecule has 3 nitrogen and oxygen atoms in total. The van der Waals surface area contributed by atoms with E-state index in [4.69, 9.17) is 10.00 Å². The Labute approximate surface area is 102 Å². The molecule has 1 saturated carbocycles. The molecule has 3 heteroatoms. The highest BCUT2D eigenvalue weighted by Gasteiger charge is 2.26. The predicted octanol–water partition coefficient (Wildman–Crippen LogP) is 3.11. The maximum atomic E-state index is 9.04. The molecule has 0 aliphatic heterocycles. The van der Waals surface area contributed by atoms with E-state index in [1.54, 1.807) is 7.11 Å². The molecule has 0 spiro atoms. The van der Waals surface area contributed by atoms with Gasteiger partial charge in [-0.3, -0.25) is 0 Å². The quantitative estimate of drug-likeness (QED) is 0.867. The summed E-state index contributed by atoms with van der Waals surface area (Å²) in [5.41, 5.74) is 2.19. The van der Waals surface area contributed by atoms with E-state index in [1.807, 2.05) is 19.1 Å². The van der Waals surface area contributed by atoms with Gasteiger partial charge in [0.1, 0.15) is 5.75 Å². The van der Waals surface area contributed by atoms with Gasteiger partial charge in [0.25, 0.3) is 0 Å². The van der Waals surface area contributed by atoms with E-state index in [9.17, 15) is 0 Å². The Bertz CT molecular complexity index is 436. The van der Waals surface area contributed by atoms with Crippen molar-refractivity contribution >= 4 is 5.69 Å². The zero-order chi connectivity index (χ0) is 12.3. The highest BCUT2D eigenvalue weighted by molar-refractivity contribution is 5.51. The molecule has 90 valence electrons. The zero-order valence-corrected chi connectivity index (χ0v) is 10.4. The average molecular weight is 230 g/mol. The number of benzene rings is 1. The first-order valence-corrected chi connectivity index (χ1v) is 6.05. The van der Waals surface area contributed by atoms with Crippen LogP contribution in [0.25, 0.3) is 0 Å². The van der Waals surface area contributed by atoms with Crippen molar-refractivity contribution in [2.75, 3.05) is 12.4 Å². The van der Waals surface area contributed by atoms with E-state index in [1.165, 1.54) is 0 Å². The first-order chi connectivity index (χ1) is 8.24. The van der Waals surface area contributed by atoms with Gasteiger partial charge in [0.2, 0.25) is 0 Å². The third-order valence-electron chi connectivity index (χ3n) is 3.43.